The van der Waals surface area contributed by atoms with E-state index in [1.54, 1.807) is 0 Å². The third-order valence-corrected chi connectivity index (χ3v) is 4.36. The van der Waals surface area contributed by atoms with Gasteiger partial charge in [-0.1, -0.05) is 15.9 Å². The third-order valence-electron chi connectivity index (χ3n) is 3.29. The summed E-state index contributed by atoms with van der Waals surface area (Å²) in [7, 11) is 0. The standard InChI is InChI=1S/C11H18BrNO2/c1-11(5-2-6-15-11)10(14)13-7-9(12)8-3-4-8/h8-9H,2-7H2,1H3,(H,13,14). The molecule has 15 heavy (non-hydrogen) atoms. The highest BCUT2D eigenvalue weighted by molar-refractivity contribution is 9.09. The van der Waals surface area contributed by atoms with Crippen molar-refractivity contribution >= 4 is 21.8 Å². The lowest BCUT2D eigenvalue weighted by atomic mass is 10.0. The lowest BCUT2D eigenvalue weighted by Crippen LogP contribution is -2.45. The average molecular weight is 276 g/mol. The number of hydrogen-bond acceptors (Lipinski definition) is 2. The fraction of sp³-hybridized carbons (Fsp3) is 0.909. The molecule has 2 unspecified atom stereocenters. The van der Waals surface area contributed by atoms with Gasteiger partial charge in [-0.25, -0.2) is 0 Å². The Kier molecular flexibility index (Phi) is 3.36. The molecule has 4 heteroatoms. The molecule has 1 saturated heterocycles. The number of ether oxygens (including phenoxy) is 1. The van der Waals surface area contributed by atoms with Crippen LogP contribution in [0.25, 0.3) is 0 Å². The second-order valence-corrected chi connectivity index (χ2v) is 5.92. The first-order chi connectivity index (χ1) is 7.12. The van der Waals surface area contributed by atoms with Crippen LogP contribution in [-0.2, 0) is 9.53 Å². The van der Waals surface area contributed by atoms with E-state index in [0.717, 1.165) is 25.3 Å². The summed E-state index contributed by atoms with van der Waals surface area (Å²) in [5, 5.41) is 2.98. The van der Waals surface area contributed by atoms with Crippen LogP contribution in [0, 0.1) is 5.92 Å². The van der Waals surface area contributed by atoms with Crippen molar-refractivity contribution in [1.82, 2.24) is 5.32 Å². The summed E-state index contributed by atoms with van der Waals surface area (Å²) in [5.74, 6) is 0.813. The van der Waals surface area contributed by atoms with E-state index in [0.29, 0.717) is 11.4 Å². The normalized spacial score (nSPS) is 32.7. The molecule has 1 heterocycles. The molecule has 0 aromatic rings. The molecule has 86 valence electrons. The van der Waals surface area contributed by atoms with Crippen molar-refractivity contribution < 1.29 is 9.53 Å². The molecule has 1 aliphatic heterocycles. The fourth-order valence-electron chi connectivity index (χ4n) is 1.96. The van der Waals surface area contributed by atoms with Gasteiger partial charge in [-0.15, -0.1) is 0 Å². The first kappa shape index (κ1) is 11.4. The number of alkyl halides is 1. The fourth-order valence-corrected chi connectivity index (χ4v) is 2.65. The maximum Gasteiger partial charge on any atom is 0.252 e. The Morgan fingerprint density at radius 3 is 2.93 bits per heavy atom. The van der Waals surface area contributed by atoms with Gasteiger partial charge in [-0.2, -0.15) is 0 Å². The van der Waals surface area contributed by atoms with Crippen molar-refractivity contribution in [3.63, 3.8) is 0 Å². The number of carbonyl (C=O) groups excluding carboxylic acids is 1. The third kappa shape index (κ3) is 2.72. The number of rotatable bonds is 4. The van der Waals surface area contributed by atoms with Gasteiger partial charge in [0.1, 0.15) is 5.60 Å². The quantitative estimate of drug-likeness (QED) is 0.796. The monoisotopic (exact) mass is 275 g/mol. The Morgan fingerprint density at radius 1 is 1.67 bits per heavy atom. The maximum atomic E-state index is 11.9. The SMILES string of the molecule is CC1(C(=O)NCC(Br)C2CC2)CCCO1. The molecular formula is C11H18BrNO2. The molecule has 1 saturated carbocycles. The summed E-state index contributed by atoms with van der Waals surface area (Å²) in [6.07, 6.45) is 4.42. The van der Waals surface area contributed by atoms with E-state index in [2.05, 4.69) is 21.2 Å². The van der Waals surface area contributed by atoms with Crippen LogP contribution in [-0.4, -0.2) is 29.5 Å². The summed E-state index contributed by atoms with van der Waals surface area (Å²) >= 11 is 3.60. The molecule has 0 aromatic heterocycles. The number of carbonyl (C=O) groups is 1. The van der Waals surface area contributed by atoms with E-state index < -0.39 is 5.60 Å². The second-order valence-electron chi connectivity index (χ2n) is 4.75. The second kappa shape index (κ2) is 4.42. The molecule has 1 N–H and O–H groups in total. The van der Waals surface area contributed by atoms with Crippen LogP contribution in [0.1, 0.15) is 32.6 Å². The molecule has 2 atom stereocenters. The van der Waals surface area contributed by atoms with Crippen LogP contribution in [0.15, 0.2) is 0 Å². The zero-order chi connectivity index (χ0) is 10.9. The zero-order valence-electron chi connectivity index (χ0n) is 9.09. The Hall–Kier alpha value is -0.0900. The predicted octanol–water partition coefficient (Wildman–Crippen LogP) is 1.85. The first-order valence-corrected chi connectivity index (χ1v) is 6.60. The van der Waals surface area contributed by atoms with E-state index in [-0.39, 0.29) is 5.91 Å². The summed E-state index contributed by atoms with van der Waals surface area (Å²) < 4.78 is 5.48. The van der Waals surface area contributed by atoms with Gasteiger partial charge in [0.25, 0.3) is 5.91 Å². The van der Waals surface area contributed by atoms with Crippen molar-refractivity contribution in [2.75, 3.05) is 13.2 Å². The molecule has 0 bridgehead atoms. The van der Waals surface area contributed by atoms with Crippen molar-refractivity contribution in [2.24, 2.45) is 5.92 Å². The van der Waals surface area contributed by atoms with Gasteiger partial charge in [0.2, 0.25) is 0 Å². The highest BCUT2D eigenvalue weighted by Crippen LogP contribution is 2.36. The first-order valence-electron chi connectivity index (χ1n) is 5.68. The molecular weight excluding hydrogens is 258 g/mol. The van der Waals surface area contributed by atoms with E-state index in [1.165, 1.54) is 12.8 Å². The molecule has 2 fully saturated rings. The Bertz CT molecular complexity index is 247. The maximum absolute atomic E-state index is 11.9. The number of nitrogens with one attached hydrogen (secondary N) is 1. The lowest BCUT2D eigenvalue weighted by molar-refractivity contribution is -0.139. The largest absolute Gasteiger partial charge is 0.365 e. The van der Waals surface area contributed by atoms with Crippen LogP contribution in [0.2, 0.25) is 0 Å². The number of hydrogen-bond donors (Lipinski definition) is 1. The van der Waals surface area contributed by atoms with Crippen molar-refractivity contribution in [1.29, 1.82) is 0 Å². The van der Waals surface area contributed by atoms with Gasteiger partial charge in [0.15, 0.2) is 0 Å². The topological polar surface area (TPSA) is 38.3 Å². The molecule has 2 aliphatic rings. The van der Waals surface area contributed by atoms with Gasteiger partial charge in [-0.05, 0) is 38.5 Å². The van der Waals surface area contributed by atoms with Crippen LogP contribution in [0.4, 0.5) is 0 Å². The Labute approximate surface area is 99.1 Å². The molecule has 0 aromatic carbocycles. The van der Waals surface area contributed by atoms with Crippen molar-refractivity contribution in [2.45, 2.75) is 43.0 Å². The average Bonchev–Trinajstić information content (AvgIpc) is 2.98. The zero-order valence-corrected chi connectivity index (χ0v) is 10.7. The van der Waals surface area contributed by atoms with Crippen LogP contribution < -0.4 is 5.32 Å². The molecule has 1 amide bonds. The van der Waals surface area contributed by atoms with Crippen LogP contribution in [0.3, 0.4) is 0 Å². The van der Waals surface area contributed by atoms with Crippen LogP contribution in [0.5, 0.6) is 0 Å². The van der Waals surface area contributed by atoms with E-state index >= 15 is 0 Å². The van der Waals surface area contributed by atoms with E-state index in [9.17, 15) is 4.79 Å². The van der Waals surface area contributed by atoms with Gasteiger partial charge < -0.3 is 10.1 Å². The molecule has 3 nitrogen and oxygen atoms in total. The van der Waals surface area contributed by atoms with Crippen molar-refractivity contribution in [3.05, 3.63) is 0 Å². The number of amides is 1. The van der Waals surface area contributed by atoms with E-state index in [1.807, 2.05) is 6.92 Å². The number of halogens is 1. The summed E-state index contributed by atoms with van der Waals surface area (Å²) in [6, 6.07) is 0. The highest BCUT2D eigenvalue weighted by Gasteiger charge is 2.38. The Balaban J connectivity index is 1.75. The minimum Gasteiger partial charge on any atom is -0.365 e. The van der Waals surface area contributed by atoms with E-state index in [4.69, 9.17) is 4.74 Å². The summed E-state index contributed by atoms with van der Waals surface area (Å²) in [5.41, 5.74) is -0.573. The van der Waals surface area contributed by atoms with Gasteiger partial charge >= 0.3 is 0 Å². The minimum absolute atomic E-state index is 0.0464. The predicted molar refractivity (Wildman–Crippen MR) is 62.0 cm³/mol. The Morgan fingerprint density at radius 2 is 2.40 bits per heavy atom. The minimum atomic E-state index is -0.573. The van der Waals surface area contributed by atoms with Crippen LogP contribution >= 0.6 is 15.9 Å². The van der Waals surface area contributed by atoms with Gasteiger partial charge in [-0.3, -0.25) is 4.79 Å². The molecule has 0 radical (unpaired) electrons. The van der Waals surface area contributed by atoms with Gasteiger partial charge in [0, 0.05) is 18.0 Å². The van der Waals surface area contributed by atoms with Gasteiger partial charge in [0.05, 0.1) is 0 Å². The summed E-state index contributed by atoms with van der Waals surface area (Å²) in [6.45, 7) is 3.32. The highest BCUT2D eigenvalue weighted by atomic mass is 79.9. The summed E-state index contributed by atoms with van der Waals surface area (Å²) in [4.78, 5) is 12.3. The molecule has 2 rings (SSSR count). The molecule has 0 spiro atoms. The van der Waals surface area contributed by atoms with Crippen molar-refractivity contribution in [3.8, 4) is 0 Å². The smallest absolute Gasteiger partial charge is 0.252 e. The lowest BCUT2D eigenvalue weighted by Gasteiger charge is -2.22. The molecule has 1 aliphatic carbocycles.